The van der Waals surface area contributed by atoms with Crippen LogP contribution in [0.4, 0.5) is 0 Å². The Kier molecular flexibility index (Phi) is 9.25. The van der Waals surface area contributed by atoms with Gasteiger partial charge in [-0.05, 0) is 76.4 Å². The van der Waals surface area contributed by atoms with Gasteiger partial charge in [0.05, 0.1) is 13.2 Å². The van der Waals surface area contributed by atoms with Crippen LogP contribution in [0.15, 0.2) is 23.2 Å². The van der Waals surface area contributed by atoms with Crippen molar-refractivity contribution in [1.29, 1.82) is 0 Å². The Morgan fingerprint density at radius 1 is 1.26 bits per heavy atom. The lowest BCUT2D eigenvalue weighted by atomic mass is 9.99. The van der Waals surface area contributed by atoms with Crippen molar-refractivity contribution in [3.8, 4) is 11.5 Å². The number of hydrogen-bond donors (Lipinski definition) is 3. The molecule has 0 atom stereocenters. The van der Waals surface area contributed by atoms with Crippen LogP contribution in [0.5, 0.6) is 11.5 Å². The van der Waals surface area contributed by atoms with Gasteiger partial charge in [-0.15, -0.1) is 0 Å². The molecule has 1 aromatic rings. The molecule has 0 bridgehead atoms. The van der Waals surface area contributed by atoms with E-state index in [0.29, 0.717) is 18.9 Å². The Morgan fingerprint density at radius 3 is 2.74 bits per heavy atom. The van der Waals surface area contributed by atoms with Gasteiger partial charge >= 0.3 is 0 Å². The van der Waals surface area contributed by atoms with Crippen LogP contribution in [-0.4, -0.2) is 55.3 Å². The molecule has 1 heterocycles. The topological polar surface area (TPSA) is 69.1 Å². The van der Waals surface area contributed by atoms with Gasteiger partial charge in [0.2, 0.25) is 0 Å². The number of nitrogens with zero attached hydrogens (tertiary/aromatic N) is 2. The van der Waals surface area contributed by atoms with Crippen molar-refractivity contribution in [3.05, 3.63) is 23.8 Å². The second kappa shape index (κ2) is 11.7. The number of rotatable bonds is 9. The van der Waals surface area contributed by atoms with Gasteiger partial charge in [0, 0.05) is 13.1 Å². The maximum absolute atomic E-state index is 9.80. The highest BCUT2D eigenvalue weighted by atomic mass is 16.5. The van der Waals surface area contributed by atoms with Crippen molar-refractivity contribution in [3.63, 3.8) is 0 Å². The molecule has 1 fully saturated rings. The number of phenols is 1. The number of ether oxygens (including phenoxy) is 1. The number of nitrogens with one attached hydrogen (secondary N) is 2. The maximum Gasteiger partial charge on any atom is 0.191 e. The van der Waals surface area contributed by atoms with E-state index in [1.54, 1.807) is 6.07 Å². The first-order valence-corrected chi connectivity index (χ1v) is 10.3. The molecule has 0 unspecified atom stereocenters. The first-order chi connectivity index (χ1) is 13.1. The number of phenolic OH excluding ortho intramolecular Hbond substituents is 1. The van der Waals surface area contributed by atoms with E-state index >= 15 is 0 Å². The minimum absolute atomic E-state index is 0.168. The van der Waals surface area contributed by atoms with Crippen LogP contribution < -0.4 is 15.4 Å². The van der Waals surface area contributed by atoms with E-state index in [0.717, 1.165) is 43.5 Å². The molecule has 0 aromatic heterocycles. The van der Waals surface area contributed by atoms with Gasteiger partial charge < -0.3 is 25.4 Å². The van der Waals surface area contributed by atoms with Crippen LogP contribution in [0.2, 0.25) is 0 Å². The summed E-state index contributed by atoms with van der Waals surface area (Å²) < 4.78 is 5.44. The smallest absolute Gasteiger partial charge is 0.191 e. The van der Waals surface area contributed by atoms with E-state index in [-0.39, 0.29) is 5.75 Å². The molecule has 0 aliphatic carbocycles. The Balaban J connectivity index is 1.79. The zero-order valence-corrected chi connectivity index (χ0v) is 17.1. The quantitative estimate of drug-likeness (QED) is 0.351. The number of likely N-dealkylation sites (tertiary alicyclic amines) is 1. The number of piperidine rings is 1. The zero-order chi connectivity index (χ0) is 19.5. The van der Waals surface area contributed by atoms with Gasteiger partial charge in [0.25, 0.3) is 0 Å². The van der Waals surface area contributed by atoms with Gasteiger partial charge in [-0.2, -0.15) is 0 Å². The number of aliphatic imine (C=N–C) groups is 1. The Hall–Kier alpha value is -1.95. The molecular formula is C21H36N4O2. The zero-order valence-electron chi connectivity index (χ0n) is 17.1. The molecule has 3 N–H and O–H groups in total. The molecule has 6 nitrogen and oxygen atoms in total. The monoisotopic (exact) mass is 376 g/mol. The van der Waals surface area contributed by atoms with E-state index < -0.39 is 0 Å². The van der Waals surface area contributed by atoms with Crippen LogP contribution >= 0.6 is 0 Å². The molecule has 1 aliphatic rings. The third kappa shape index (κ3) is 7.67. The molecule has 0 saturated carbocycles. The van der Waals surface area contributed by atoms with Crippen LogP contribution in [0.1, 0.15) is 45.6 Å². The Labute approximate surface area is 164 Å². The summed E-state index contributed by atoms with van der Waals surface area (Å²) in [5, 5.41) is 16.5. The molecular weight excluding hydrogens is 340 g/mol. The standard InChI is InChI=1S/C21H36N4O2/c1-4-22-21(23-11-6-12-25-13-9-17(3)10-14-25)24-16-18-7-8-19(26)20(15-18)27-5-2/h7-8,15,17,26H,4-6,9-14,16H2,1-3H3,(H2,22,23,24). The summed E-state index contributed by atoms with van der Waals surface area (Å²) in [5.74, 6) is 2.39. The first-order valence-electron chi connectivity index (χ1n) is 10.3. The lowest BCUT2D eigenvalue weighted by Crippen LogP contribution is -2.39. The molecule has 1 aromatic carbocycles. The predicted octanol–water partition coefficient (Wildman–Crippen LogP) is 2.97. The van der Waals surface area contributed by atoms with Gasteiger partial charge in [-0.25, -0.2) is 4.99 Å². The number of benzene rings is 1. The Bertz CT molecular complexity index is 584. The fourth-order valence-electron chi connectivity index (χ4n) is 3.24. The van der Waals surface area contributed by atoms with Crippen molar-refractivity contribution in [2.24, 2.45) is 10.9 Å². The SMILES string of the molecule is CCNC(=NCc1ccc(O)c(OCC)c1)NCCCN1CCC(C)CC1. The lowest BCUT2D eigenvalue weighted by Gasteiger charge is -2.30. The fourth-order valence-corrected chi connectivity index (χ4v) is 3.24. The summed E-state index contributed by atoms with van der Waals surface area (Å²) in [6, 6.07) is 5.39. The summed E-state index contributed by atoms with van der Waals surface area (Å²) in [5.41, 5.74) is 1.01. The molecule has 1 aliphatic heterocycles. The van der Waals surface area contributed by atoms with Gasteiger partial charge in [0.15, 0.2) is 17.5 Å². The minimum atomic E-state index is 0.168. The van der Waals surface area contributed by atoms with Crippen molar-refractivity contribution < 1.29 is 9.84 Å². The molecule has 2 rings (SSSR count). The van der Waals surface area contributed by atoms with E-state index in [1.165, 1.54) is 25.9 Å². The summed E-state index contributed by atoms with van der Waals surface area (Å²) in [4.78, 5) is 7.22. The maximum atomic E-state index is 9.80. The molecule has 27 heavy (non-hydrogen) atoms. The normalized spacial score (nSPS) is 16.3. The largest absolute Gasteiger partial charge is 0.504 e. The number of aromatic hydroxyl groups is 1. The van der Waals surface area contributed by atoms with E-state index in [4.69, 9.17) is 4.74 Å². The molecule has 1 saturated heterocycles. The molecule has 0 spiro atoms. The number of hydrogen-bond acceptors (Lipinski definition) is 4. The fraction of sp³-hybridized carbons (Fsp3) is 0.667. The highest BCUT2D eigenvalue weighted by Crippen LogP contribution is 2.27. The van der Waals surface area contributed by atoms with E-state index in [9.17, 15) is 5.11 Å². The highest BCUT2D eigenvalue weighted by molar-refractivity contribution is 5.79. The average molecular weight is 377 g/mol. The van der Waals surface area contributed by atoms with Crippen LogP contribution in [0.25, 0.3) is 0 Å². The predicted molar refractivity (Wildman–Crippen MR) is 112 cm³/mol. The average Bonchev–Trinajstić information content (AvgIpc) is 2.67. The van der Waals surface area contributed by atoms with Gasteiger partial charge in [-0.3, -0.25) is 0 Å². The van der Waals surface area contributed by atoms with E-state index in [2.05, 4.69) is 34.4 Å². The second-order valence-electron chi connectivity index (χ2n) is 7.23. The third-order valence-electron chi connectivity index (χ3n) is 4.91. The number of guanidine groups is 1. The van der Waals surface area contributed by atoms with Crippen molar-refractivity contribution in [2.45, 2.75) is 46.6 Å². The Morgan fingerprint density at radius 2 is 2.04 bits per heavy atom. The van der Waals surface area contributed by atoms with Crippen LogP contribution in [0.3, 0.4) is 0 Å². The molecule has 0 amide bonds. The highest BCUT2D eigenvalue weighted by Gasteiger charge is 2.14. The van der Waals surface area contributed by atoms with E-state index in [1.807, 2.05) is 19.1 Å². The lowest BCUT2D eigenvalue weighted by molar-refractivity contribution is 0.191. The van der Waals surface area contributed by atoms with Crippen LogP contribution in [0, 0.1) is 5.92 Å². The molecule has 6 heteroatoms. The van der Waals surface area contributed by atoms with Gasteiger partial charge in [0.1, 0.15) is 0 Å². The molecule has 0 radical (unpaired) electrons. The first kappa shape index (κ1) is 21.4. The van der Waals surface area contributed by atoms with Crippen molar-refractivity contribution in [2.75, 3.05) is 39.3 Å². The second-order valence-corrected chi connectivity index (χ2v) is 7.23. The van der Waals surface area contributed by atoms with Gasteiger partial charge in [-0.1, -0.05) is 13.0 Å². The van der Waals surface area contributed by atoms with Crippen molar-refractivity contribution >= 4 is 5.96 Å². The minimum Gasteiger partial charge on any atom is -0.504 e. The summed E-state index contributed by atoms with van der Waals surface area (Å²) in [6.45, 7) is 12.8. The third-order valence-corrected chi connectivity index (χ3v) is 4.91. The summed E-state index contributed by atoms with van der Waals surface area (Å²) in [7, 11) is 0. The summed E-state index contributed by atoms with van der Waals surface area (Å²) >= 11 is 0. The van der Waals surface area contributed by atoms with Crippen molar-refractivity contribution in [1.82, 2.24) is 15.5 Å². The molecule has 152 valence electrons. The summed E-state index contributed by atoms with van der Waals surface area (Å²) in [6.07, 6.45) is 3.77. The van der Waals surface area contributed by atoms with Crippen LogP contribution in [-0.2, 0) is 6.54 Å².